The number of ether oxygens (including phenoxy) is 2. The van der Waals surface area contributed by atoms with E-state index >= 15 is 0 Å². The maximum absolute atomic E-state index is 12.9. The van der Waals surface area contributed by atoms with Gasteiger partial charge >= 0.3 is 7.60 Å². The fourth-order valence-electron chi connectivity index (χ4n) is 3.94. The highest BCUT2D eigenvalue weighted by Crippen LogP contribution is 2.46. The van der Waals surface area contributed by atoms with Gasteiger partial charge in [-0.2, -0.15) is 0 Å². The zero-order valence-electron chi connectivity index (χ0n) is 22.1. The molecule has 0 aliphatic rings. The van der Waals surface area contributed by atoms with Gasteiger partial charge < -0.3 is 22.9 Å². The second-order valence-corrected chi connectivity index (χ2v) is 15.7. The standard InChI is InChI=1S/C25H45O7PSi/c1-8-34(9-2,10-3)32-18-12-11-13-25(21(4)24(26)20-33(27,29-6)30-7)31-19-22-14-16-23(28-5)17-15-22/h14-17,21,25H,8-13,18-20H2,1-7H3/t21-,25-/m0/s1. The van der Waals surface area contributed by atoms with E-state index < -0.39 is 21.8 Å². The average Bonchev–Trinajstić information content (AvgIpc) is 2.88. The number of ketones is 1. The molecule has 0 saturated heterocycles. The zero-order chi connectivity index (χ0) is 25.6. The Labute approximate surface area is 207 Å². The molecule has 1 aromatic carbocycles. The smallest absolute Gasteiger partial charge is 0.337 e. The lowest BCUT2D eigenvalue weighted by Crippen LogP contribution is -2.36. The van der Waals surface area contributed by atoms with Crippen LogP contribution in [-0.4, -0.2) is 54.3 Å². The molecule has 0 fully saturated rings. The first kappa shape index (κ1) is 31.0. The minimum atomic E-state index is -3.42. The molecule has 0 amide bonds. The molecule has 0 N–H and O–H groups in total. The molecule has 0 aromatic heterocycles. The highest BCUT2D eigenvalue weighted by molar-refractivity contribution is 7.54. The Morgan fingerprint density at radius 2 is 1.56 bits per heavy atom. The summed E-state index contributed by atoms with van der Waals surface area (Å²) >= 11 is 0. The molecule has 196 valence electrons. The number of carbonyl (C=O) groups excluding carboxylic acids is 1. The number of hydrogen-bond donors (Lipinski definition) is 0. The molecular formula is C25H45O7PSi. The number of benzene rings is 1. The molecule has 7 nitrogen and oxygen atoms in total. The fraction of sp³-hybridized carbons (Fsp3) is 0.720. The van der Waals surface area contributed by atoms with Crippen LogP contribution in [0.2, 0.25) is 18.1 Å². The van der Waals surface area contributed by atoms with E-state index in [0.717, 1.165) is 55.3 Å². The lowest BCUT2D eigenvalue weighted by molar-refractivity contribution is -0.126. The highest BCUT2D eigenvalue weighted by atomic mass is 31.2. The monoisotopic (exact) mass is 516 g/mol. The van der Waals surface area contributed by atoms with Crippen LogP contribution in [0.5, 0.6) is 5.75 Å². The van der Waals surface area contributed by atoms with Gasteiger partial charge in [0.2, 0.25) is 0 Å². The molecule has 0 aliphatic heterocycles. The van der Waals surface area contributed by atoms with Crippen molar-refractivity contribution < 1.29 is 32.3 Å². The first-order chi connectivity index (χ1) is 16.2. The average molecular weight is 517 g/mol. The minimum absolute atomic E-state index is 0.183. The summed E-state index contributed by atoms with van der Waals surface area (Å²) < 4.78 is 40.2. The van der Waals surface area contributed by atoms with Crippen molar-refractivity contribution in [2.24, 2.45) is 5.92 Å². The molecule has 0 radical (unpaired) electrons. The van der Waals surface area contributed by atoms with Gasteiger partial charge in [0.05, 0.1) is 19.8 Å². The zero-order valence-corrected chi connectivity index (χ0v) is 24.0. The molecular weight excluding hydrogens is 471 g/mol. The molecule has 0 heterocycles. The maximum atomic E-state index is 12.9. The van der Waals surface area contributed by atoms with Crippen molar-refractivity contribution in [3.05, 3.63) is 29.8 Å². The van der Waals surface area contributed by atoms with E-state index in [1.807, 2.05) is 31.2 Å². The van der Waals surface area contributed by atoms with Crippen LogP contribution in [0.4, 0.5) is 0 Å². The Bertz CT molecular complexity index is 736. The predicted molar refractivity (Wildman–Crippen MR) is 139 cm³/mol. The first-order valence-electron chi connectivity index (χ1n) is 12.3. The number of carbonyl (C=O) groups is 1. The second-order valence-electron chi connectivity index (χ2n) is 8.67. The van der Waals surface area contributed by atoms with Gasteiger partial charge in [0.15, 0.2) is 8.32 Å². The van der Waals surface area contributed by atoms with Crippen molar-refractivity contribution in [3.8, 4) is 5.75 Å². The molecule has 0 unspecified atom stereocenters. The summed E-state index contributed by atoms with van der Waals surface area (Å²) in [6.45, 7) is 9.65. The summed E-state index contributed by atoms with van der Waals surface area (Å²) in [5, 5.41) is 0. The first-order valence-corrected chi connectivity index (χ1v) is 16.6. The summed E-state index contributed by atoms with van der Waals surface area (Å²) in [6, 6.07) is 11.1. The van der Waals surface area contributed by atoms with Gasteiger partial charge in [-0.3, -0.25) is 9.36 Å². The third kappa shape index (κ3) is 9.92. The largest absolute Gasteiger partial charge is 0.497 e. The Morgan fingerprint density at radius 1 is 0.971 bits per heavy atom. The Morgan fingerprint density at radius 3 is 2.06 bits per heavy atom. The number of rotatable bonds is 19. The van der Waals surface area contributed by atoms with Crippen molar-refractivity contribution in [2.45, 2.75) is 77.8 Å². The van der Waals surface area contributed by atoms with Gasteiger partial charge in [-0.05, 0) is 55.1 Å². The van der Waals surface area contributed by atoms with E-state index in [0.29, 0.717) is 6.61 Å². The lowest BCUT2D eigenvalue weighted by atomic mass is 9.96. The van der Waals surface area contributed by atoms with Crippen LogP contribution in [0.15, 0.2) is 24.3 Å². The predicted octanol–water partition coefficient (Wildman–Crippen LogP) is 6.46. The third-order valence-electron chi connectivity index (χ3n) is 6.82. The molecule has 34 heavy (non-hydrogen) atoms. The van der Waals surface area contributed by atoms with Crippen LogP contribution in [0.25, 0.3) is 0 Å². The highest BCUT2D eigenvalue weighted by Gasteiger charge is 2.32. The van der Waals surface area contributed by atoms with Crippen molar-refractivity contribution in [1.29, 1.82) is 0 Å². The van der Waals surface area contributed by atoms with Gasteiger partial charge in [0.1, 0.15) is 17.7 Å². The molecule has 0 bridgehead atoms. The van der Waals surface area contributed by atoms with Crippen LogP contribution in [0, 0.1) is 5.92 Å². The van der Waals surface area contributed by atoms with Gasteiger partial charge in [0, 0.05) is 26.7 Å². The van der Waals surface area contributed by atoms with Crippen LogP contribution in [0.3, 0.4) is 0 Å². The topological polar surface area (TPSA) is 80.3 Å². The van der Waals surface area contributed by atoms with Crippen molar-refractivity contribution in [3.63, 3.8) is 0 Å². The third-order valence-corrected chi connectivity index (χ3v) is 13.3. The number of Topliss-reactive ketones (excluding diaryl/α,β-unsaturated/α-hetero) is 1. The van der Waals surface area contributed by atoms with Gasteiger partial charge in [-0.1, -0.05) is 39.8 Å². The fourth-order valence-corrected chi connectivity index (χ4v) is 7.71. The van der Waals surface area contributed by atoms with Gasteiger partial charge in [-0.25, -0.2) is 0 Å². The molecule has 1 aromatic rings. The molecule has 0 saturated carbocycles. The van der Waals surface area contributed by atoms with E-state index in [1.165, 1.54) is 14.2 Å². The normalized spacial score (nSPS) is 14.1. The summed E-state index contributed by atoms with van der Waals surface area (Å²) in [5.41, 5.74) is 0.998. The second kappa shape index (κ2) is 15.9. The summed E-state index contributed by atoms with van der Waals surface area (Å²) in [4.78, 5) is 12.9. The van der Waals surface area contributed by atoms with Crippen LogP contribution >= 0.6 is 7.60 Å². The van der Waals surface area contributed by atoms with Gasteiger partial charge in [0.25, 0.3) is 0 Å². The molecule has 1 rings (SSSR count). The number of methoxy groups -OCH3 is 1. The summed E-state index contributed by atoms with van der Waals surface area (Å²) in [6.07, 6.45) is 1.97. The van der Waals surface area contributed by atoms with E-state index in [9.17, 15) is 9.36 Å². The quantitative estimate of drug-likeness (QED) is 0.118. The summed E-state index contributed by atoms with van der Waals surface area (Å²) in [7, 11) is -0.783. The van der Waals surface area contributed by atoms with Crippen molar-refractivity contribution in [2.75, 3.05) is 34.1 Å². The Balaban J connectivity index is 2.77. The SMILES string of the molecule is CC[Si](CC)(CC)OCCCC[C@H](OCc1ccc(OC)cc1)[C@@H](C)C(=O)CP(=O)(OC)OC. The van der Waals surface area contributed by atoms with E-state index in [1.54, 1.807) is 7.11 Å². The Hall–Kier alpha value is -1.02. The number of unbranched alkanes of at least 4 members (excludes halogenated alkanes) is 1. The van der Waals surface area contributed by atoms with Crippen LogP contribution < -0.4 is 4.74 Å². The van der Waals surface area contributed by atoms with Crippen LogP contribution in [-0.2, 0) is 34.2 Å². The van der Waals surface area contributed by atoms with Crippen molar-refractivity contribution >= 4 is 21.7 Å². The Kier molecular flexibility index (Phi) is 14.5. The van der Waals surface area contributed by atoms with E-state index in [4.69, 9.17) is 22.9 Å². The van der Waals surface area contributed by atoms with E-state index in [-0.39, 0.29) is 18.0 Å². The molecule has 0 aliphatic carbocycles. The molecule has 2 atom stereocenters. The summed E-state index contributed by atoms with van der Waals surface area (Å²) in [5.74, 6) is 0.162. The lowest BCUT2D eigenvalue weighted by Gasteiger charge is -2.28. The maximum Gasteiger partial charge on any atom is 0.337 e. The molecule has 9 heteroatoms. The van der Waals surface area contributed by atoms with E-state index in [2.05, 4.69) is 20.8 Å². The van der Waals surface area contributed by atoms with Crippen LogP contribution in [0.1, 0.15) is 52.5 Å². The number of hydrogen-bond acceptors (Lipinski definition) is 7. The molecule has 0 spiro atoms. The minimum Gasteiger partial charge on any atom is -0.497 e. The van der Waals surface area contributed by atoms with Crippen molar-refractivity contribution in [1.82, 2.24) is 0 Å². The van der Waals surface area contributed by atoms with Gasteiger partial charge in [-0.15, -0.1) is 0 Å².